The molecule has 2 fully saturated rings. The summed E-state index contributed by atoms with van der Waals surface area (Å²) < 4.78 is 11.1. The lowest BCUT2D eigenvalue weighted by Crippen LogP contribution is -2.48. The van der Waals surface area contributed by atoms with Gasteiger partial charge in [0.1, 0.15) is 0 Å². The molecule has 0 radical (unpaired) electrons. The van der Waals surface area contributed by atoms with Crippen LogP contribution >= 0.6 is 0 Å². The molecule has 0 aromatic carbocycles. The fourth-order valence-corrected chi connectivity index (χ4v) is 3.06. The van der Waals surface area contributed by atoms with Crippen molar-refractivity contribution in [2.24, 2.45) is 5.92 Å². The van der Waals surface area contributed by atoms with E-state index in [1.807, 2.05) is 0 Å². The smallest absolute Gasteiger partial charge is 0.0897 e. The summed E-state index contributed by atoms with van der Waals surface area (Å²) in [6.07, 6.45) is 7.40. The van der Waals surface area contributed by atoms with Crippen LogP contribution in [-0.4, -0.2) is 49.7 Å². The summed E-state index contributed by atoms with van der Waals surface area (Å²) in [5.74, 6) is 0.773. The first-order chi connectivity index (χ1) is 9.17. The van der Waals surface area contributed by atoms with Crippen LogP contribution < -0.4 is 5.32 Å². The van der Waals surface area contributed by atoms with Crippen LogP contribution in [0.15, 0.2) is 0 Å². The molecule has 0 aromatic rings. The second kappa shape index (κ2) is 7.58. The van der Waals surface area contributed by atoms with Crippen molar-refractivity contribution < 1.29 is 14.6 Å². The van der Waals surface area contributed by atoms with E-state index in [1.54, 1.807) is 7.11 Å². The van der Waals surface area contributed by atoms with Crippen molar-refractivity contribution in [2.75, 3.05) is 20.3 Å². The van der Waals surface area contributed by atoms with E-state index in [4.69, 9.17) is 9.47 Å². The topological polar surface area (TPSA) is 50.7 Å². The molecule has 0 heterocycles. The average Bonchev–Trinajstić information content (AvgIpc) is 2.35. The lowest BCUT2D eigenvalue weighted by molar-refractivity contribution is -0.0350. The predicted octanol–water partition coefficient (Wildman–Crippen LogP) is 1.71. The van der Waals surface area contributed by atoms with E-state index in [9.17, 15) is 5.11 Å². The van der Waals surface area contributed by atoms with Crippen molar-refractivity contribution >= 4 is 0 Å². The third kappa shape index (κ3) is 5.03. The van der Waals surface area contributed by atoms with E-state index in [1.165, 1.54) is 12.8 Å². The van der Waals surface area contributed by atoms with E-state index >= 15 is 0 Å². The highest BCUT2D eigenvalue weighted by Crippen LogP contribution is 2.26. The van der Waals surface area contributed by atoms with Gasteiger partial charge in [-0.25, -0.2) is 0 Å². The first-order valence-electron chi connectivity index (χ1n) is 7.73. The molecule has 4 heteroatoms. The Morgan fingerprint density at radius 1 is 1.21 bits per heavy atom. The summed E-state index contributed by atoms with van der Waals surface area (Å²) in [6, 6.07) is 0.509. The number of methoxy groups -OCH3 is 1. The average molecular weight is 271 g/mol. The van der Waals surface area contributed by atoms with Gasteiger partial charge < -0.3 is 19.9 Å². The Bertz CT molecular complexity index is 256. The van der Waals surface area contributed by atoms with Crippen molar-refractivity contribution in [3.8, 4) is 0 Å². The van der Waals surface area contributed by atoms with Crippen LogP contribution in [-0.2, 0) is 9.47 Å². The maximum absolute atomic E-state index is 9.92. The zero-order valence-electron chi connectivity index (χ0n) is 12.3. The summed E-state index contributed by atoms with van der Waals surface area (Å²) in [5.41, 5.74) is 0. The Morgan fingerprint density at radius 2 is 2.00 bits per heavy atom. The van der Waals surface area contributed by atoms with Crippen molar-refractivity contribution in [3.63, 3.8) is 0 Å². The van der Waals surface area contributed by atoms with Gasteiger partial charge in [0.2, 0.25) is 0 Å². The molecule has 4 nitrogen and oxygen atoms in total. The fraction of sp³-hybridized carbons (Fsp3) is 1.00. The lowest BCUT2D eigenvalue weighted by Gasteiger charge is -2.35. The molecule has 2 N–H and O–H groups in total. The largest absolute Gasteiger partial charge is 0.389 e. The fourth-order valence-electron chi connectivity index (χ4n) is 3.06. The molecule has 0 aliphatic heterocycles. The molecule has 0 spiro atoms. The molecule has 0 amide bonds. The minimum atomic E-state index is -0.390. The Balaban J connectivity index is 1.51. The minimum Gasteiger partial charge on any atom is -0.389 e. The van der Waals surface area contributed by atoms with Crippen molar-refractivity contribution in [2.45, 2.75) is 69.8 Å². The van der Waals surface area contributed by atoms with Crippen molar-refractivity contribution in [1.82, 2.24) is 5.32 Å². The zero-order valence-corrected chi connectivity index (χ0v) is 12.3. The van der Waals surface area contributed by atoms with Gasteiger partial charge in [0.05, 0.1) is 24.9 Å². The van der Waals surface area contributed by atoms with Crippen molar-refractivity contribution in [3.05, 3.63) is 0 Å². The molecule has 2 aliphatic carbocycles. The van der Waals surface area contributed by atoms with Gasteiger partial charge in [-0.15, -0.1) is 0 Å². The number of aliphatic hydroxyl groups excluding tert-OH is 1. The van der Waals surface area contributed by atoms with Crippen LogP contribution in [0.4, 0.5) is 0 Å². The van der Waals surface area contributed by atoms with Crippen LogP contribution in [0, 0.1) is 5.92 Å². The first kappa shape index (κ1) is 15.2. The number of aliphatic hydroxyl groups is 1. The van der Waals surface area contributed by atoms with Gasteiger partial charge in [0.15, 0.2) is 0 Å². The lowest BCUT2D eigenvalue weighted by atomic mass is 9.88. The third-order valence-corrected chi connectivity index (χ3v) is 4.48. The molecule has 0 bridgehead atoms. The van der Waals surface area contributed by atoms with E-state index in [0.29, 0.717) is 31.4 Å². The normalized spacial score (nSPS) is 36.8. The molecule has 0 saturated heterocycles. The van der Waals surface area contributed by atoms with Gasteiger partial charge in [-0.05, 0) is 31.6 Å². The summed E-state index contributed by atoms with van der Waals surface area (Å²) in [5, 5.41) is 13.3. The Morgan fingerprint density at radius 3 is 2.68 bits per heavy atom. The molecule has 2 rings (SSSR count). The molecule has 3 unspecified atom stereocenters. The van der Waals surface area contributed by atoms with Crippen LogP contribution in [0.3, 0.4) is 0 Å². The predicted molar refractivity (Wildman–Crippen MR) is 75.2 cm³/mol. The molecule has 2 saturated carbocycles. The highest BCUT2D eigenvalue weighted by molar-refractivity contribution is 4.86. The summed E-state index contributed by atoms with van der Waals surface area (Å²) in [4.78, 5) is 0. The number of rotatable bonds is 7. The quantitative estimate of drug-likeness (QED) is 0.740. The van der Waals surface area contributed by atoms with Gasteiger partial charge in [-0.1, -0.05) is 19.8 Å². The molecule has 0 aromatic heterocycles. The van der Waals surface area contributed by atoms with Gasteiger partial charge in [0, 0.05) is 19.7 Å². The molecule has 19 heavy (non-hydrogen) atoms. The Hall–Kier alpha value is -0.160. The molecule has 2 aliphatic rings. The number of hydrogen-bond acceptors (Lipinski definition) is 4. The second-order valence-corrected chi connectivity index (χ2v) is 6.32. The minimum absolute atomic E-state index is 0.361. The standard InChI is InChI=1S/C15H29NO3/c1-11-4-3-5-14(6-11)19-10-13(17)9-16-12-7-15(8-12)18-2/h11-17H,3-10H2,1-2H3. The number of ether oxygens (including phenoxy) is 2. The van der Waals surface area contributed by atoms with E-state index in [-0.39, 0.29) is 6.10 Å². The van der Waals surface area contributed by atoms with Crippen LogP contribution in [0.1, 0.15) is 45.4 Å². The highest BCUT2D eigenvalue weighted by atomic mass is 16.5. The van der Waals surface area contributed by atoms with E-state index < -0.39 is 0 Å². The monoisotopic (exact) mass is 271 g/mol. The number of hydrogen-bond donors (Lipinski definition) is 2. The van der Waals surface area contributed by atoms with E-state index in [2.05, 4.69) is 12.2 Å². The third-order valence-electron chi connectivity index (χ3n) is 4.48. The van der Waals surface area contributed by atoms with Gasteiger partial charge >= 0.3 is 0 Å². The Labute approximate surface area is 116 Å². The molecule has 112 valence electrons. The second-order valence-electron chi connectivity index (χ2n) is 6.32. The summed E-state index contributed by atoms with van der Waals surface area (Å²) in [6.45, 7) is 3.38. The molecule has 3 atom stereocenters. The van der Waals surface area contributed by atoms with Crippen LogP contribution in [0.25, 0.3) is 0 Å². The maximum atomic E-state index is 9.92. The van der Waals surface area contributed by atoms with Crippen LogP contribution in [0.2, 0.25) is 0 Å². The van der Waals surface area contributed by atoms with Crippen molar-refractivity contribution in [1.29, 1.82) is 0 Å². The van der Waals surface area contributed by atoms with Gasteiger partial charge in [-0.2, -0.15) is 0 Å². The van der Waals surface area contributed by atoms with E-state index in [0.717, 1.165) is 31.6 Å². The van der Waals surface area contributed by atoms with Gasteiger partial charge in [-0.3, -0.25) is 0 Å². The zero-order chi connectivity index (χ0) is 13.7. The first-order valence-corrected chi connectivity index (χ1v) is 7.73. The number of nitrogens with one attached hydrogen (secondary N) is 1. The summed E-state index contributed by atoms with van der Waals surface area (Å²) in [7, 11) is 1.76. The van der Waals surface area contributed by atoms with Gasteiger partial charge in [0.25, 0.3) is 0 Å². The summed E-state index contributed by atoms with van der Waals surface area (Å²) >= 11 is 0. The van der Waals surface area contributed by atoms with Crippen LogP contribution in [0.5, 0.6) is 0 Å². The maximum Gasteiger partial charge on any atom is 0.0897 e. The SMILES string of the molecule is COC1CC(NCC(O)COC2CCCC(C)C2)C1. The highest BCUT2D eigenvalue weighted by Gasteiger charge is 2.29. The molecular weight excluding hydrogens is 242 g/mol. The molecular formula is C15H29NO3. The Kier molecular flexibility index (Phi) is 6.07.